The zero-order valence-corrected chi connectivity index (χ0v) is 16.0. The monoisotopic (exact) mass is 379 g/mol. The van der Waals surface area contributed by atoms with E-state index in [0.717, 1.165) is 24.2 Å². The molecule has 1 N–H and O–H groups in total. The van der Waals surface area contributed by atoms with Crippen molar-refractivity contribution < 1.29 is 13.9 Å². The van der Waals surface area contributed by atoms with Gasteiger partial charge in [-0.05, 0) is 56.5 Å². The van der Waals surface area contributed by atoms with E-state index in [0.29, 0.717) is 35.8 Å². The van der Waals surface area contributed by atoms with Crippen LogP contribution in [0.5, 0.6) is 5.75 Å². The van der Waals surface area contributed by atoms with Crippen LogP contribution in [0, 0.1) is 6.92 Å². The number of nitrogens with one attached hydrogen (secondary N) is 1. The molecule has 0 fully saturated rings. The Morgan fingerprint density at radius 2 is 2.00 bits per heavy atom. The number of aliphatic imine (C=N–C) groups is 1. The molecule has 2 aromatic rings. The van der Waals surface area contributed by atoms with Crippen molar-refractivity contribution in [3.05, 3.63) is 82.7 Å². The molecule has 5 nitrogen and oxygen atoms in total. The predicted molar refractivity (Wildman–Crippen MR) is 106 cm³/mol. The first-order valence-electron chi connectivity index (χ1n) is 9.35. The molecule has 2 aromatic heterocycles. The number of nitrogens with zero attached hydrogens (tertiary/aromatic N) is 2. The molecular formula is C22H22FN3O2. The number of pyridine rings is 1. The summed E-state index contributed by atoms with van der Waals surface area (Å²) >= 11 is 0. The standard InChI is InChI=1S/C22H22FN3O2/c1-14-12-17-18(26-14)13-20(27-11-3-4-16-5-8-24-9-6-16)22(21(17)23)28-19-7-10-25-15(19)2/h5-10,12,25H,3-4,11,13H2,1-2H3. The van der Waals surface area contributed by atoms with Crippen LogP contribution < -0.4 is 4.74 Å². The Bertz CT molecular complexity index is 1000. The minimum absolute atomic E-state index is 0.145. The summed E-state index contributed by atoms with van der Waals surface area (Å²) in [6.45, 7) is 4.21. The number of halogens is 1. The van der Waals surface area contributed by atoms with Crippen molar-refractivity contribution in [2.75, 3.05) is 6.61 Å². The maximum atomic E-state index is 15.2. The van der Waals surface area contributed by atoms with Gasteiger partial charge < -0.3 is 14.5 Å². The molecule has 4 rings (SSSR count). The lowest BCUT2D eigenvalue weighted by Crippen LogP contribution is -2.17. The van der Waals surface area contributed by atoms with Crippen molar-refractivity contribution in [1.29, 1.82) is 0 Å². The molecule has 0 bridgehead atoms. The van der Waals surface area contributed by atoms with Gasteiger partial charge in [-0.15, -0.1) is 0 Å². The van der Waals surface area contributed by atoms with Crippen LogP contribution in [0.2, 0.25) is 0 Å². The van der Waals surface area contributed by atoms with E-state index in [2.05, 4.69) is 15.0 Å². The van der Waals surface area contributed by atoms with Gasteiger partial charge in [0.15, 0.2) is 5.83 Å². The highest BCUT2D eigenvalue weighted by atomic mass is 19.1. The molecule has 1 aliphatic heterocycles. The quantitative estimate of drug-likeness (QED) is 0.693. The zero-order valence-electron chi connectivity index (χ0n) is 16.0. The van der Waals surface area contributed by atoms with Gasteiger partial charge in [0.05, 0.1) is 24.4 Å². The Balaban J connectivity index is 1.52. The van der Waals surface area contributed by atoms with Crippen LogP contribution in [0.3, 0.4) is 0 Å². The molecule has 0 saturated heterocycles. The molecule has 144 valence electrons. The molecular weight excluding hydrogens is 357 g/mol. The average molecular weight is 379 g/mol. The number of hydrogen-bond acceptors (Lipinski definition) is 4. The highest BCUT2D eigenvalue weighted by Crippen LogP contribution is 2.37. The van der Waals surface area contributed by atoms with Gasteiger partial charge in [-0.1, -0.05) is 0 Å². The van der Waals surface area contributed by atoms with Crippen LogP contribution in [0.4, 0.5) is 4.39 Å². The maximum Gasteiger partial charge on any atom is 0.201 e. The summed E-state index contributed by atoms with van der Waals surface area (Å²) in [6, 6.07) is 5.75. The van der Waals surface area contributed by atoms with E-state index in [4.69, 9.17) is 9.47 Å². The first kappa shape index (κ1) is 18.2. The van der Waals surface area contributed by atoms with Crippen LogP contribution in [0.25, 0.3) is 0 Å². The average Bonchev–Trinajstić information content (AvgIpc) is 3.27. The van der Waals surface area contributed by atoms with Gasteiger partial charge in [0.25, 0.3) is 0 Å². The molecule has 0 saturated carbocycles. The van der Waals surface area contributed by atoms with E-state index >= 15 is 4.39 Å². The molecule has 6 heteroatoms. The number of ether oxygens (including phenoxy) is 2. The first-order valence-corrected chi connectivity index (χ1v) is 9.35. The lowest BCUT2D eigenvalue weighted by Gasteiger charge is -2.21. The van der Waals surface area contributed by atoms with Crippen molar-refractivity contribution in [2.45, 2.75) is 33.1 Å². The van der Waals surface area contributed by atoms with Crippen LogP contribution >= 0.6 is 0 Å². The number of allylic oxidation sites excluding steroid dienone is 5. The molecule has 0 atom stereocenters. The van der Waals surface area contributed by atoms with Gasteiger partial charge in [-0.3, -0.25) is 9.98 Å². The van der Waals surface area contributed by atoms with E-state index in [-0.39, 0.29) is 5.76 Å². The van der Waals surface area contributed by atoms with Crippen LogP contribution in [0.1, 0.15) is 31.0 Å². The fourth-order valence-electron chi connectivity index (χ4n) is 3.30. The van der Waals surface area contributed by atoms with Gasteiger partial charge in [-0.25, -0.2) is 4.39 Å². The zero-order chi connectivity index (χ0) is 19.5. The van der Waals surface area contributed by atoms with Crippen molar-refractivity contribution in [3.63, 3.8) is 0 Å². The molecule has 0 spiro atoms. The Kier molecular flexibility index (Phi) is 5.10. The normalized spacial score (nSPS) is 16.1. The fraction of sp³-hybridized carbons (Fsp3) is 0.273. The minimum atomic E-state index is -0.424. The molecule has 0 radical (unpaired) electrons. The summed E-state index contributed by atoms with van der Waals surface area (Å²) in [7, 11) is 0. The minimum Gasteiger partial charge on any atom is -0.493 e. The number of fused-ring (bicyclic) bond motifs is 1. The Hall–Kier alpha value is -3.15. The van der Waals surface area contributed by atoms with Crippen LogP contribution in [0.15, 0.2) is 76.5 Å². The van der Waals surface area contributed by atoms with E-state index in [9.17, 15) is 0 Å². The van der Waals surface area contributed by atoms with Gasteiger partial charge in [0, 0.05) is 29.9 Å². The van der Waals surface area contributed by atoms with E-state index < -0.39 is 5.83 Å². The highest BCUT2D eigenvalue weighted by Gasteiger charge is 2.31. The van der Waals surface area contributed by atoms with Crippen molar-refractivity contribution in [1.82, 2.24) is 9.97 Å². The van der Waals surface area contributed by atoms with Gasteiger partial charge in [-0.2, -0.15) is 0 Å². The molecule has 0 amide bonds. The van der Waals surface area contributed by atoms with E-state index in [1.54, 1.807) is 30.7 Å². The van der Waals surface area contributed by atoms with Gasteiger partial charge in [0.1, 0.15) is 11.5 Å². The third-order valence-corrected chi connectivity index (χ3v) is 4.74. The third kappa shape index (κ3) is 3.76. The van der Waals surface area contributed by atoms with E-state index in [1.165, 1.54) is 5.56 Å². The van der Waals surface area contributed by atoms with Crippen molar-refractivity contribution >= 4 is 5.71 Å². The largest absolute Gasteiger partial charge is 0.493 e. The molecule has 28 heavy (non-hydrogen) atoms. The molecule has 3 heterocycles. The lowest BCUT2D eigenvalue weighted by molar-refractivity contribution is 0.185. The number of aromatic nitrogens is 2. The lowest BCUT2D eigenvalue weighted by atomic mass is 10.00. The molecule has 0 aromatic carbocycles. The summed E-state index contributed by atoms with van der Waals surface area (Å²) in [4.78, 5) is 11.5. The SMILES string of the molecule is CC1=CC2=C(F)C(Oc3cc[nH]c3C)=C(OCCCc3ccncc3)CC2=N1. The topological polar surface area (TPSA) is 59.5 Å². The van der Waals surface area contributed by atoms with Crippen LogP contribution in [-0.2, 0) is 11.2 Å². The second-order valence-corrected chi connectivity index (χ2v) is 6.88. The third-order valence-electron chi connectivity index (χ3n) is 4.74. The van der Waals surface area contributed by atoms with Gasteiger partial charge >= 0.3 is 0 Å². The predicted octanol–water partition coefficient (Wildman–Crippen LogP) is 4.94. The first-order chi connectivity index (χ1) is 13.6. The molecule has 2 aliphatic rings. The highest BCUT2D eigenvalue weighted by molar-refractivity contribution is 6.08. The smallest absolute Gasteiger partial charge is 0.201 e. The number of aromatic amines is 1. The Morgan fingerprint density at radius 3 is 2.75 bits per heavy atom. The summed E-state index contributed by atoms with van der Waals surface area (Å²) < 4.78 is 27.1. The summed E-state index contributed by atoms with van der Waals surface area (Å²) in [5, 5.41) is 0. The van der Waals surface area contributed by atoms with E-state index in [1.807, 2.05) is 26.0 Å². The number of H-pyrrole nitrogens is 1. The van der Waals surface area contributed by atoms with Crippen LogP contribution in [-0.4, -0.2) is 22.3 Å². The Morgan fingerprint density at radius 1 is 1.18 bits per heavy atom. The molecule has 1 aliphatic carbocycles. The maximum absolute atomic E-state index is 15.2. The second kappa shape index (κ2) is 7.84. The second-order valence-electron chi connectivity index (χ2n) is 6.88. The Labute approximate surface area is 163 Å². The number of hydrogen-bond donors (Lipinski definition) is 1. The summed E-state index contributed by atoms with van der Waals surface area (Å²) in [5.74, 6) is 0.791. The fourth-order valence-corrected chi connectivity index (χ4v) is 3.30. The van der Waals surface area contributed by atoms with Gasteiger partial charge in [0.2, 0.25) is 5.76 Å². The summed E-state index contributed by atoms with van der Waals surface area (Å²) in [5.41, 5.74) is 4.00. The van der Waals surface area contributed by atoms with Crippen molar-refractivity contribution in [3.8, 4) is 5.75 Å². The molecule has 0 unspecified atom stereocenters. The van der Waals surface area contributed by atoms with Crippen molar-refractivity contribution in [2.24, 2.45) is 4.99 Å². The summed E-state index contributed by atoms with van der Waals surface area (Å²) in [6.07, 6.45) is 9.17. The number of aryl methyl sites for hydroxylation is 2. The number of rotatable bonds is 7.